The van der Waals surface area contributed by atoms with Crippen LogP contribution in [0.15, 0.2) is 22.8 Å². The first-order valence-electron chi connectivity index (χ1n) is 5.20. The zero-order valence-corrected chi connectivity index (χ0v) is 10.1. The monoisotopic (exact) mass is 270 g/mol. The summed E-state index contributed by atoms with van der Waals surface area (Å²) in [6.07, 6.45) is 4.77. The maximum atomic E-state index is 9.43. The van der Waals surface area contributed by atoms with E-state index in [0.29, 0.717) is 0 Å². The van der Waals surface area contributed by atoms with E-state index in [1.165, 1.54) is 0 Å². The Kier molecular flexibility index (Phi) is 3.38. The van der Waals surface area contributed by atoms with Crippen LogP contribution in [0, 0.1) is 0 Å². The molecule has 1 fully saturated rings. The predicted octanol–water partition coefficient (Wildman–Crippen LogP) is 1.50. The van der Waals surface area contributed by atoms with E-state index in [4.69, 9.17) is 0 Å². The minimum absolute atomic E-state index is 0.138. The highest BCUT2D eigenvalue weighted by atomic mass is 79.9. The Morgan fingerprint density at radius 2 is 2.40 bits per heavy atom. The van der Waals surface area contributed by atoms with Crippen molar-refractivity contribution in [1.29, 1.82) is 0 Å². The van der Waals surface area contributed by atoms with Gasteiger partial charge in [0.1, 0.15) is 0 Å². The fourth-order valence-electron chi connectivity index (χ4n) is 2.07. The van der Waals surface area contributed by atoms with E-state index in [1.807, 2.05) is 12.1 Å². The number of nitrogens with one attached hydrogen (secondary N) is 1. The van der Waals surface area contributed by atoms with Crippen molar-refractivity contribution in [2.75, 3.05) is 13.2 Å². The number of aliphatic hydroxyl groups is 1. The van der Waals surface area contributed by atoms with Gasteiger partial charge in [0.05, 0.1) is 6.61 Å². The Labute approximate surface area is 98.0 Å². The van der Waals surface area contributed by atoms with Crippen LogP contribution < -0.4 is 5.32 Å². The van der Waals surface area contributed by atoms with E-state index >= 15 is 0 Å². The average molecular weight is 271 g/mol. The molecule has 4 heteroatoms. The highest BCUT2D eigenvalue weighted by Crippen LogP contribution is 2.23. The minimum Gasteiger partial charge on any atom is -0.394 e. The number of hydrogen-bond donors (Lipinski definition) is 2. The summed E-state index contributed by atoms with van der Waals surface area (Å²) in [4.78, 5) is 4.34. The summed E-state index contributed by atoms with van der Waals surface area (Å²) in [6, 6.07) is 3.99. The van der Waals surface area contributed by atoms with E-state index in [-0.39, 0.29) is 12.1 Å². The van der Waals surface area contributed by atoms with Gasteiger partial charge in [0, 0.05) is 28.3 Å². The molecule has 0 aromatic carbocycles. The molecule has 82 valence electrons. The maximum Gasteiger partial charge on any atom is 0.0617 e. The third kappa shape index (κ3) is 2.56. The summed E-state index contributed by atoms with van der Waals surface area (Å²) in [7, 11) is 0. The van der Waals surface area contributed by atoms with Gasteiger partial charge in [-0.15, -0.1) is 0 Å². The molecule has 1 atom stereocenters. The lowest BCUT2D eigenvalue weighted by Gasteiger charge is -2.26. The van der Waals surface area contributed by atoms with Gasteiger partial charge in [0.15, 0.2) is 0 Å². The van der Waals surface area contributed by atoms with Crippen LogP contribution in [0.5, 0.6) is 0 Å². The SMILES string of the molecule is OCC1(Cc2ccc(Br)cn2)CCCN1. The van der Waals surface area contributed by atoms with Crippen LogP contribution in [0.4, 0.5) is 0 Å². The van der Waals surface area contributed by atoms with Crippen LogP contribution in [-0.2, 0) is 6.42 Å². The van der Waals surface area contributed by atoms with Gasteiger partial charge in [-0.1, -0.05) is 0 Å². The van der Waals surface area contributed by atoms with Gasteiger partial charge >= 0.3 is 0 Å². The van der Waals surface area contributed by atoms with Crippen LogP contribution >= 0.6 is 15.9 Å². The van der Waals surface area contributed by atoms with Crippen molar-refractivity contribution in [1.82, 2.24) is 10.3 Å². The van der Waals surface area contributed by atoms with Crippen LogP contribution in [0.2, 0.25) is 0 Å². The minimum atomic E-state index is -0.138. The number of hydrogen-bond acceptors (Lipinski definition) is 3. The lowest BCUT2D eigenvalue weighted by atomic mass is 9.92. The molecular weight excluding hydrogens is 256 g/mol. The Bertz CT molecular complexity index is 320. The molecule has 0 aliphatic carbocycles. The normalized spacial score (nSPS) is 25.7. The lowest BCUT2D eigenvalue weighted by Crippen LogP contribution is -2.45. The second-order valence-electron chi connectivity index (χ2n) is 4.11. The Balaban J connectivity index is 2.09. The first kappa shape index (κ1) is 11.0. The second kappa shape index (κ2) is 4.60. The second-order valence-corrected chi connectivity index (χ2v) is 5.03. The third-order valence-electron chi connectivity index (χ3n) is 2.94. The standard InChI is InChI=1S/C11H15BrN2O/c12-9-2-3-10(13-7-9)6-11(8-15)4-1-5-14-11/h2-3,7,14-15H,1,4-6,8H2. The summed E-state index contributed by atoms with van der Waals surface area (Å²) in [5.41, 5.74) is 0.891. The molecule has 1 unspecified atom stereocenters. The summed E-state index contributed by atoms with van der Waals surface area (Å²) in [5, 5.41) is 12.8. The number of rotatable bonds is 3. The summed E-state index contributed by atoms with van der Waals surface area (Å²) in [6.45, 7) is 1.18. The highest BCUT2D eigenvalue weighted by molar-refractivity contribution is 9.10. The number of pyridine rings is 1. The van der Waals surface area contributed by atoms with Gasteiger partial charge in [0.25, 0.3) is 0 Å². The molecule has 0 saturated carbocycles. The Morgan fingerprint density at radius 3 is 2.93 bits per heavy atom. The lowest BCUT2D eigenvalue weighted by molar-refractivity contribution is 0.176. The number of aliphatic hydroxyl groups excluding tert-OH is 1. The van der Waals surface area contributed by atoms with Crippen molar-refractivity contribution in [2.24, 2.45) is 0 Å². The molecule has 0 bridgehead atoms. The van der Waals surface area contributed by atoms with Gasteiger partial charge in [-0.3, -0.25) is 4.98 Å². The topological polar surface area (TPSA) is 45.2 Å². The van der Waals surface area contributed by atoms with Crippen LogP contribution in [-0.4, -0.2) is 28.8 Å². The van der Waals surface area contributed by atoms with Crippen molar-refractivity contribution >= 4 is 15.9 Å². The quantitative estimate of drug-likeness (QED) is 0.875. The van der Waals surface area contributed by atoms with Crippen LogP contribution in [0.3, 0.4) is 0 Å². The van der Waals surface area contributed by atoms with Gasteiger partial charge in [-0.2, -0.15) is 0 Å². The highest BCUT2D eigenvalue weighted by Gasteiger charge is 2.33. The molecule has 15 heavy (non-hydrogen) atoms. The largest absolute Gasteiger partial charge is 0.394 e. The number of aromatic nitrogens is 1. The molecule has 1 aromatic heterocycles. The van der Waals surface area contributed by atoms with E-state index in [9.17, 15) is 5.11 Å². The van der Waals surface area contributed by atoms with Gasteiger partial charge in [0.2, 0.25) is 0 Å². The van der Waals surface area contributed by atoms with Crippen molar-refractivity contribution in [2.45, 2.75) is 24.8 Å². The number of nitrogens with zero attached hydrogens (tertiary/aromatic N) is 1. The molecule has 0 amide bonds. The first-order chi connectivity index (χ1) is 7.24. The van der Waals surface area contributed by atoms with E-state index in [1.54, 1.807) is 6.20 Å². The maximum absolute atomic E-state index is 9.43. The van der Waals surface area contributed by atoms with Crippen molar-refractivity contribution in [3.05, 3.63) is 28.5 Å². The van der Waals surface area contributed by atoms with E-state index in [2.05, 4.69) is 26.2 Å². The molecule has 1 aliphatic heterocycles. The molecule has 1 saturated heterocycles. The molecule has 1 aromatic rings. The molecule has 2 N–H and O–H groups in total. The third-order valence-corrected chi connectivity index (χ3v) is 3.41. The van der Waals surface area contributed by atoms with Crippen molar-refractivity contribution in [3.8, 4) is 0 Å². The summed E-state index contributed by atoms with van der Waals surface area (Å²) in [5.74, 6) is 0. The van der Waals surface area contributed by atoms with Crippen LogP contribution in [0.1, 0.15) is 18.5 Å². The molecule has 0 spiro atoms. The smallest absolute Gasteiger partial charge is 0.0617 e. The summed E-state index contributed by atoms with van der Waals surface area (Å²) >= 11 is 3.36. The first-order valence-corrected chi connectivity index (χ1v) is 6.00. The summed E-state index contributed by atoms with van der Waals surface area (Å²) < 4.78 is 0.990. The molecular formula is C11H15BrN2O. The van der Waals surface area contributed by atoms with Gasteiger partial charge in [-0.25, -0.2) is 0 Å². The fourth-order valence-corrected chi connectivity index (χ4v) is 2.30. The average Bonchev–Trinajstić information content (AvgIpc) is 2.71. The number of halogens is 1. The van der Waals surface area contributed by atoms with Crippen molar-refractivity contribution < 1.29 is 5.11 Å². The zero-order valence-electron chi connectivity index (χ0n) is 8.54. The predicted molar refractivity (Wildman–Crippen MR) is 62.7 cm³/mol. The van der Waals surface area contributed by atoms with Gasteiger partial charge < -0.3 is 10.4 Å². The van der Waals surface area contributed by atoms with Crippen LogP contribution in [0.25, 0.3) is 0 Å². The fraction of sp³-hybridized carbons (Fsp3) is 0.545. The Morgan fingerprint density at radius 1 is 1.53 bits per heavy atom. The molecule has 2 heterocycles. The molecule has 3 nitrogen and oxygen atoms in total. The van der Waals surface area contributed by atoms with Crippen molar-refractivity contribution in [3.63, 3.8) is 0 Å². The molecule has 0 radical (unpaired) electrons. The van der Waals surface area contributed by atoms with Gasteiger partial charge in [-0.05, 0) is 47.4 Å². The molecule has 2 rings (SSSR count). The molecule has 1 aliphatic rings. The van der Waals surface area contributed by atoms with E-state index in [0.717, 1.165) is 36.0 Å². The Hall–Kier alpha value is -0.450. The zero-order chi connectivity index (χ0) is 10.7. The van der Waals surface area contributed by atoms with E-state index < -0.39 is 0 Å².